The minimum absolute atomic E-state index is 0.0156. The zero-order valence-corrected chi connectivity index (χ0v) is 10.1. The van der Waals surface area contributed by atoms with Gasteiger partial charge in [0.25, 0.3) is 0 Å². The fourth-order valence-corrected chi connectivity index (χ4v) is 2.97. The average Bonchev–Trinajstić information content (AvgIpc) is 2.22. The number of rotatable bonds is 3. The monoisotopic (exact) mass is 224 g/mol. The zero-order valence-electron chi connectivity index (χ0n) is 10.1. The molecule has 4 heteroatoms. The van der Waals surface area contributed by atoms with Crippen LogP contribution in [-0.2, 0) is 9.59 Å². The predicted molar refractivity (Wildman–Crippen MR) is 60.8 cm³/mol. The first kappa shape index (κ1) is 11.4. The van der Waals surface area contributed by atoms with Gasteiger partial charge >= 0.3 is 0 Å². The first-order chi connectivity index (χ1) is 7.64. The molecule has 0 spiro atoms. The van der Waals surface area contributed by atoms with Crippen molar-refractivity contribution in [1.82, 2.24) is 10.2 Å². The van der Waals surface area contributed by atoms with Crippen LogP contribution < -0.4 is 5.32 Å². The Morgan fingerprint density at radius 3 is 2.50 bits per heavy atom. The smallest absolute Gasteiger partial charge is 0.243 e. The maximum atomic E-state index is 12.0. The molecule has 0 bridgehead atoms. The van der Waals surface area contributed by atoms with Gasteiger partial charge in [-0.05, 0) is 32.1 Å². The quantitative estimate of drug-likeness (QED) is 0.779. The Bertz CT molecular complexity index is 305. The summed E-state index contributed by atoms with van der Waals surface area (Å²) in [5, 5.41) is 2.68. The SMILES string of the molecule is CCC1C(=O)NCC(=O)N1C1(CC)CCC1. The lowest BCUT2D eigenvalue weighted by molar-refractivity contribution is -0.158. The summed E-state index contributed by atoms with van der Waals surface area (Å²) >= 11 is 0. The Morgan fingerprint density at radius 2 is 2.06 bits per heavy atom. The third kappa shape index (κ3) is 1.51. The van der Waals surface area contributed by atoms with Crippen LogP contribution in [0.3, 0.4) is 0 Å². The molecule has 1 aliphatic carbocycles. The summed E-state index contributed by atoms with van der Waals surface area (Å²) in [4.78, 5) is 25.7. The van der Waals surface area contributed by atoms with Crippen molar-refractivity contribution in [2.24, 2.45) is 0 Å². The van der Waals surface area contributed by atoms with Crippen molar-refractivity contribution in [1.29, 1.82) is 0 Å². The normalized spacial score (nSPS) is 28.6. The first-order valence-corrected chi connectivity index (χ1v) is 6.24. The van der Waals surface area contributed by atoms with Crippen LogP contribution in [0, 0.1) is 0 Å². The van der Waals surface area contributed by atoms with E-state index in [1.807, 2.05) is 11.8 Å². The number of amides is 2. The van der Waals surface area contributed by atoms with Gasteiger partial charge in [-0.25, -0.2) is 0 Å². The number of nitrogens with zero attached hydrogens (tertiary/aromatic N) is 1. The van der Waals surface area contributed by atoms with Gasteiger partial charge in [-0.15, -0.1) is 0 Å². The van der Waals surface area contributed by atoms with E-state index in [-0.39, 0.29) is 29.9 Å². The Morgan fingerprint density at radius 1 is 1.38 bits per heavy atom. The molecule has 1 saturated carbocycles. The lowest BCUT2D eigenvalue weighted by atomic mass is 9.72. The topological polar surface area (TPSA) is 49.4 Å². The standard InChI is InChI=1S/C12H20N2O2/c1-3-9-11(16)13-8-10(15)14(9)12(4-2)6-5-7-12/h9H,3-8H2,1-2H3,(H,13,16). The molecule has 2 amide bonds. The second-order valence-corrected chi connectivity index (χ2v) is 4.84. The molecule has 2 fully saturated rings. The van der Waals surface area contributed by atoms with Gasteiger partial charge in [-0.3, -0.25) is 9.59 Å². The van der Waals surface area contributed by atoms with Crippen LogP contribution in [0.4, 0.5) is 0 Å². The Hall–Kier alpha value is -1.06. The second-order valence-electron chi connectivity index (χ2n) is 4.84. The third-order valence-electron chi connectivity index (χ3n) is 4.14. The molecule has 4 nitrogen and oxygen atoms in total. The first-order valence-electron chi connectivity index (χ1n) is 6.24. The van der Waals surface area contributed by atoms with Gasteiger partial charge in [0.1, 0.15) is 6.04 Å². The van der Waals surface area contributed by atoms with Gasteiger partial charge in [-0.1, -0.05) is 13.8 Å². The largest absolute Gasteiger partial charge is 0.345 e. The van der Waals surface area contributed by atoms with Crippen molar-refractivity contribution in [3.8, 4) is 0 Å². The van der Waals surface area contributed by atoms with Crippen LogP contribution in [0.2, 0.25) is 0 Å². The van der Waals surface area contributed by atoms with Gasteiger partial charge in [-0.2, -0.15) is 0 Å². The van der Waals surface area contributed by atoms with E-state index in [2.05, 4.69) is 12.2 Å². The summed E-state index contributed by atoms with van der Waals surface area (Å²) in [5.41, 5.74) is -0.0183. The van der Waals surface area contributed by atoms with Crippen molar-refractivity contribution in [2.45, 2.75) is 57.5 Å². The molecule has 16 heavy (non-hydrogen) atoms. The highest BCUT2D eigenvalue weighted by Gasteiger charge is 2.49. The number of nitrogens with one attached hydrogen (secondary N) is 1. The molecule has 0 aromatic rings. The van der Waals surface area contributed by atoms with Crippen molar-refractivity contribution in [3.63, 3.8) is 0 Å². The molecule has 90 valence electrons. The number of carbonyl (C=O) groups is 2. The lowest BCUT2D eigenvalue weighted by Crippen LogP contribution is -2.68. The van der Waals surface area contributed by atoms with Crippen molar-refractivity contribution < 1.29 is 9.59 Å². The van der Waals surface area contributed by atoms with Crippen LogP contribution >= 0.6 is 0 Å². The highest BCUT2D eigenvalue weighted by atomic mass is 16.2. The fourth-order valence-electron chi connectivity index (χ4n) is 2.97. The molecule has 0 aromatic heterocycles. The predicted octanol–water partition coefficient (Wildman–Crippen LogP) is 1.06. The molecule has 0 aromatic carbocycles. The summed E-state index contributed by atoms with van der Waals surface area (Å²) in [5.74, 6) is 0.106. The maximum absolute atomic E-state index is 12.0. The number of piperazine rings is 1. The van der Waals surface area contributed by atoms with Gasteiger partial charge in [0.15, 0.2) is 0 Å². The minimum atomic E-state index is -0.249. The Labute approximate surface area is 96.4 Å². The zero-order chi connectivity index (χ0) is 11.8. The van der Waals surface area contributed by atoms with Crippen LogP contribution in [0.15, 0.2) is 0 Å². The lowest BCUT2D eigenvalue weighted by Gasteiger charge is -2.54. The molecule has 0 radical (unpaired) electrons. The molecule has 1 aliphatic heterocycles. The van der Waals surface area contributed by atoms with Crippen molar-refractivity contribution >= 4 is 11.8 Å². The van der Waals surface area contributed by atoms with Crippen molar-refractivity contribution in [3.05, 3.63) is 0 Å². The highest BCUT2D eigenvalue weighted by Crippen LogP contribution is 2.42. The minimum Gasteiger partial charge on any atom is -0.345 e. The van der Waals surface area contributed by atoms with Crippen LogP contribution in [0.5, 0.6) is 0 Å². The average molecular weight is 224 g/mol. The molecule has 2 aliphatic rings. The molecule has 1 saturated heterocycles. The Balaban J connectivity index is 2.26. The van der Waals surface area contributed by atoms with E-state index in [0.29, 0.717) is 6.42 Å². The molecule has 1 atom stereocenters. The van der Waals surface area contributed by atoms with E-state index in [4.69, 9.17) is 0 Å². The van der Waals surface area contributed by atoms with Crippen LogP contribution in [-0.4, -0.2) is 34.8 Å². The van der Waals surface area contributed by atoms with Crippen LogP contribution in [0.25, 0.3) is 0 Å². The Kier molecular flexibility index (Phi) is 2.91. The van der Waals surface area contributed by atoms with Crippen LogP contribution in [0.1, 0.15) is 46.0 Å². The molecule has 2 rings (SSSR count). The van der Waals surface area contributed by atoms with E-state index in [1.54, 1.807) is 0 Å². The van der Waals surface area contributed by atoms with E-state index in [0.717, 1.165) is 19.3 Å². The maximum Gasteiger partial charge on any atom is 0.243 e. The molecular weight excluding hydrogens is 204 g/mol. The van der Waals surface area contributed by atoms with Gasteiger partial charge < -0.3 is 10.2 Å². The van der Waals surface area contributed by atoms with Gasteiger partial charge in [0.2, 0.25) is 11.8 Å². The third-order valence-corrected chi connectivity index (χ3v) is 4.14. The van der Waals surface area contributed by atoms with E-state index in [1.165, 1.54) is 6.42 Å². The second kappa shape index (κ2) is 4.07. The fraction of sp³-hybridized carbons (Fsp3) is 0.833. The summed E-state index contributed by atoms with van der Waals surface area (Å²) in [6.45, 7) is 4.26. The van der Waals surface area contributed by atoms with Gasteiger partial charge in [0.05, 0.1) is 6.54 Å². The van der Waals surface area contributed by atoms with E-state index in [9.17, 15) is 9.59 Å². The summed E-state index contributed by atoms with van der Waals surface area (Å²) in [6.07, 6.45) is 4.95. The number of hydrogen-bond donors (Lipinski definition) is 1. The van der Waals surface area contributed by atoms with E-state index < -0.39 is 0 Å². The van der Waals surface area contributed by atoms with Crippen molar-refractivity contribution in [2.75, 3.05) is 6.54 Å². The summed E-state index contributed by atoms with van der Waals surface area (Å²) < 4.78 is 0. The molecule has 1 heterocycles. The molecule has 1 N–H and O–H groups in total. The summed E-state index contributed by atoms with van der Waals surface area (Å²) in [7, 11) is 0. The summed E-state index contributed by atoms with van der Waals surface area (Å²) in [6, 6.07) is -0.249. The number of hydrogen-bond acceptors (Lipinski definition) is 2. The van der Waals surface area contributed by atoms with E-state index >= 15 is 0 Å². The highest BCUT2D eigenvalue weighted by molar-refractivity contribution is 5.95. The number of carbonyl (C=O) groups excluding carboxylic acids is 2. The molecular formula is C12H20N2O2. The van der Waals surface area contributed by atoms with Gasteiger partial charge in [0, 0.05) is 5.54 Å². The molecule has 1 unspecified atom stereocenters.